The molecule has 0 aromatic carbocycles. The summed E-state index contributed by atoms with van der Waals surface area (Å²) in [4.78, 5) is 0. The van der Waals surface area contributed by atoms with E-state index < -0.39 is 0 Å². The van der Waals surface area contributed by atoms with Crippen molar-refractivity contribution in [2.24, 2.45) is 22.1 Å². The summed E-state index contributed by atoms with van der Waals surface area (Å²) in [6.07, 6.45) is 0. The molecule has 0 aliphatic heterocycles. The summed E-state index contributed by atoms with van der Waals surface area (Å²) in [5, 5.41) is 5.28. The molecule has 5 heavy (non-hydrogen) atoms. The van der Waals surface area contributed by atoms with Gasteiger partial charge >= 0.3 is 0 Å². The first-order chi connectivity index (χ1) is 1.91. The van der Waals surface area contributed by atoms with E-state index in [1.165, 1.54) is 0 Å². The smallest absolute Gasteiger partial charge is 0 e. The van der Waals surface area contributed by atoms with Gasteiger partial charge in [-0.05, 0) is 0 Å². The van der Waals surface area contributed by atoms with Crippen LogP contribution < -0.4 is 11.7 Å². The van der Waals surface area contributed by atoms with E-state index in [1.807, 2.05) is 0 Å². The van der Waals surface area contributed by atoms with Gasteiger partial charge in [0.25, 0.3) is 0 Å². The molecule has 0 amide bonds. The molecule has 1 radical (unpaired) electrons. The van der Waals surface area contributed by atoms with Crippen molar-refractivity contribution in [2.45, 2.75) is 0 Å². The fraction of sp³-hybridized carbons (Fsp3) is 0. The quantitative estimate of drug-likeness (QED) is 0.214. The third-order valence-corrected chi connectivity index (χ3v) is 0.0667. The molecule has 0 unspecified atom stereocenters. The van der Waals surface area contributed by atoms with E-state index in [1.54, 1.807) is 0 Å². The van der Waals surface area contributed by atoms with Crippen LogP contribution in [0.25, 0.3) is 0 Å². The average Bonchev–Trinajstić information content (AvgIpc) is 1.37. The minimum absolute atomic E-state index is 0. The molecule has 0 bridgehead atoms. The zero-order chi connectivity index (χ0) is 3.41. The Morgan fingerprint density at radius 1 is 1.00 bits per heavy atom. The van der Waals surface area contributed by atoms with Gasteiger partial charge in [0.05, 0.1) is 0 Å². The Labute approximate surface area is 45.1 Å². The maximum Gasteiger partial charge on any atom is 0 e. The normalized spacial score (nSPS) is 7.20. The SMILES string of the molecule is NN=NN.[Ag]. The Balaban J connectivity index is 0. The van der Waals surface area contributed by atoms with E-state index in [0.717, 1.165) is 0 Å². The van der Waals surface area contributed by atoms with Crippen molar-refractivity contribution in [1.29, 1.82) is 0 Å². The molecule has 4 nitrogen and oxygen atoms in total. The summed E-state index contributed by atoms with van der Waals surface area (Å²) in [6.45, 7) is 0. The van der Waals surface area contributed by atoms with Crippen molar-refractivity contribution >= 4 is 0 Å². The van der Waals surface area contributed by atoms with Gasteiger partial charge in [0, 0.05) is 22.4 Å². The van der Waals surface area contributed by atoms with Gasteiger partial charge in [-0.25, -0.2) is 0 Å². The second-order valence-electron chi connectivity index (χ2n) is 0.231. The third kappa shape index (κ3) is 16.8. The van der Waals surface area contributed by atoms with E-state index in [2.05, 4.69) is 22.1 Å². The van der Waals surface area contributed by atoms with Crippen LogP contribution in [0.4, 0.5) is 0 Å². The van der Waals surface area contributed by atoms with Crippen molar-refractivity contribution in [3.63, 3.8) is 0 Å². The molecule has 0 aromatic rings. The van der Waals surface area contributed by atoms with Crippen LogP contribution in [-0.4, -0.2) is 0 Å². The van der Waals surface area contributed by atoms with E-state index >= 15 is 0 Å². The van der Waals surface area contributed by atoms with E-state index in [-0.39, 0.29) is 22.4 Å². The van der Waals surface area contributed by atoms with Crippen molar-refractivity contribution in [3.8, 4) is 0 Å². The predicted molar refractivity (Wildman–Crippen MR) is 13.2 cm³/mol. The summed E-state index contributed by atoms with van der Waals surface area (Å²) in [6, 6.07) is 0. The Hall–Kier alpha value is -0.0597. The number of hydrogen-bond acceptors (Lipinski definition) is 2. The summed E-state index contributed by atoms with van der Waals surface area (Å²) in [5.74, 6) is 8.72. The zero-order valence-corrected chi connectivity index (χ0v) is 3.83. The van der Waals surface area contributed by atoms with Gasteiger partial charge in [0.15, 0.2) is 0 Å². The fourth-order valence-corrected chi connectivity index (χ4v) is 0. The molecule has 0 aliphatic rings. The first-order valence-corrected chi connectivity index (χ1v) is 0.716. The Bertz CT molecular complexity index is 18.8. The molecule has 0 rings (SSSR count). The summed E-state index contributed by atoms with van der Waals surface area (Å²) in [7, 11) is 0. The second kappa shape index (κ2) is 9.05. The summed E-state index contributed by atoms with van der Waals surface area (Å²) in [5.41, 5.74) is 0. The van der Waals surface area contributed by atoms with E-state index in [4.69, 9.17) is 0 Å². The summed E-state index contributed by atoms with van der Waals surface area (Å²) >= 11 is 0. The van der Waals surface area contributed by atoms with Crippen LogP contribution in [0.3, 0.4) is 0 Å². The second-order valence-corrected chi connectivity index (χ2v) is 0.231. The fourth-order valence-electron chi connectivity index (χ4n) is 0. The summed E-state index contributed by atoms with van der Waals surface area (Å²) < 4.78 is 0. The minimum atomic E-state index is 0. The van der Waals surface area contributed by atoms with Crippen molar-refractivity contribution in [3.05, 3.63) is 0 Å². The average molecular weight is 168 g/mol. The van der Waals surface area contributed by atoms with Crippen molar-refractivity contribution < 1.29 is 22.4 Å². The number of hydrogen-bond donors (Lipinski definition) is 2. The minimum Gasteiger partial charge on any atom is -0.303 e. The van der Waals surface area contributed by atoms with Crippen LogP contribution in [0, 0.1) is 0 Å². The molecule has 0 aromatic heterocycles. The Morgan fingerprint density at radius 3 is 1.20 bits per heavy atom. The standard InChI is InChI=1S/Ag.H4N4/c;1-3-4-2/h;(H2,1,4)(H2,2,3). The predicted octanol–water partition coefficient (Wildman–Crippen LogP) is -0.817. The van der Waals surface area contributed by atoms with Crippen LogP contribution in [0.2, 0.25) is 0 Å². The monoisotopic (exact) mass is 167 g/mol. The molecule has 0 atom stereocenters. The molecule has 5 heteroatoms. The van der Waals surface area contributed by atoms with Gasteiger partial charge in [-0.3, -0.25) is 0 Å². The number of nitrogens with zero attached hydrogens (tertiary/aromatic N) is 2. The molecule has 4 N–H and O–H groups in total. The molecular weight excluding hydrogens is 164 g/mol. The molecule has 0 aliphatic carbocycles. The van der Waals surface area contributed by atoms with Gasteiger partial charge < -0.3 is 11.7 Å². The maximum atomic E-state index is 4.36. The third-order valence-electron chi connectivity index (χ3n) is 0.0667. The molecule has 0 spiro atoms. The van der Waals surface area contributed by atoms with Crippen LogP contribution in [0.1, 0.15) is 0 Å². The van der Waals surface area contributed by atoms with Crippen LogP contribution >= 0.6 is 0 Å². The molecule has 0 fully saturated rings. The van der Waals surface area contributed by atoms with Crippen LogP contribution in [0.15, 0.2) is 10.4 Å². The Morgan fingerprint density at radius 2 is 1.20 bits per heavy atom. The van der Waals surface area contributed by atoms with Gasteiger partial charge in [-0.15, -0.1) is 0 Å². The molecule has 0 saturated heterocycles. The van der Waals surface area contributed by atoms with Gasteiger partial charge in [0.1, 0.15) is 0 Å². The van der Waals surface area contributed by atoms with E-state index in [9.17, 15) is 0 Å². The first kappa shape index (κ1) is 8.87. The largest absolute Gasteiger partial charge is 0.303 e. The van der Waals surface area contributed by atoms with Gasteiger partial charge in [0.2, 0.25) is 0 Å². The van der Waals surface area contributed by atoms with Crippen molar-refractivity contribution in [1.82, 2.24) is 0 Å². The first-order valence-electron chi connectivity index (χ1n) is 0.716. The number of nitrogens with two attached hydrogens (primary N) is 2. The van der Waals surface area contributed by atoms with Crippen molar-refractivity contribution in [2.75, 3.05) is 0 Å². The zero-order valence-electron chi connectivity index (χ0n) is 2.35. The number of rotatable bonds is 0. The van der Waals surface area contributed by atoms with Crippen LogP contribution in [0.5, 0.6) is 0 Å². The Kier molecular flexibility index (Phi) is 16.1. The van der Waals surface area contributed by atoms with Gasteiger partial charge in [-0.2, -0.15) is 0 Å². The van der Waals surface area contributed by atoms with Crippen LogP contribution in [-0.2, 0) is 22.4 Å². The molecule has 0 saturated carbocycles. The topological polar surface area (TPSA) is 76.8 Å². The molecular formula is H4AgN4. The van der Waals surface area contributed by atoms with E-state index in [0.29, 0.717) is 0 Å². The maximum absolute atomic E-state index is 4.36. The van der Waals surface area contributed by atoms with Gasteiger partial charge in [-0.1, -0.05) is 10.4 Å². The molecule has 35 valence electrons. The molecule has 0 heterocycles.